The van der Waals surface area contributed by atoms with Crippen LogP contribution in [0.5, 0.6) is 0 Å². The predicted octanol–water partition coefficient (Wildman–Crippen LogP) is 4.93. The second-order valence-electron chi connectivity index (χ2n) is 7.21. The van der Waals surface area contributed by atoms with Crippen LogP contribution in [0.25, 0.3) is 0 Å². The van der Waals surface area contributed by atoms with Gasteiger partial charge in [0.25, 0.3) is 0 Å². The van der Waals surface area contributed by atoms with E-state index in [1.807, 2.05) is 0 Å². The van der Waals surface area contributed by atoms with E-state index in [9.17, 15) is 0 Å². The van der Waals surface area contributed by atoms with Crippen LogP contribution in [-0.2, 0) is 0 Å². The van der Waals surface area contributed by atoms with Gasteiger partial charge >= 0.3 is 0 Å². The minimum Gasteiger partial charge on any atom is -0.329 e. The zero-order valence-corrected chi connectivity index (χ0v) is 14.1. The van der Waals surface area contributed by atoms with Gasteiger partial charge in [-0.25, -0.2) is 0 Å². The average Bonchev–Trinajstić information content (AvgIpc) is 2.14. The molecule has 0 N–H and O–H groups in total. The molecule has 1 rings (SSSR count). The molecule has 1 nitrogen and oxygen atoms in total. The molecule has 0 aliphatic rings. The van der Waals surface area contributed by atoms with Crippen LogP contribution in [0.3, 0.4) is 0 Å². The van der Waals surface area contributed by atoms with Crippen molar-refractivity contribution in [3.8, 4) is 0 Å². The summed E-state index contributed by atoms with van der Waals surface area (Å²) in [5, 5.41) is 0. The third-order valence-electron chi connectivity index (χ3n) is 3.88. The topological polar surface area (TPSA) is 3.24 Å². The Morgan fingerprint density at radius 1 is 0.833 bits per heavy atom. The summed E-state index contributed by atoms with van der Waals surface area (Å²) in [6.45, 7) is 11.7. The number of nitrogens with zero attached hydrogens (tertiary/aromatic N) is 1. The van der Waals surface area contributed by atoms with E-state index in [1.165, 1.54) is 5.69 Å². The summed E-state index contributed by atoms with van der Waals surface area (Å²) >= 11 is 0. The van der Waals surface area contributed by atoms with Gasteiger partial charge in [-0.2, -0.15) is 10.2 Å². The molecule has 0 saturated carbocycles. The molecule has 0 spiro atoms. The number of hydrogen-bond acceptors (Lipinski definition) is 1. The summed E-state index contributed by atoms with van der Waals surface area (Å²) in [4.78, 5) is 0. The first-order valence-corrected chi connectivity index (χ1v) is 9.33. The Hall–Kier alpha value is -0.630. The monoisotopic (exact) mass is 267 g/mol. The lowest BCUT2D eigenvalue weighted by molar-refractivity contribution is 0.237. The van der Waals surface area contributed by atoms with E-state index in [0.29, 0.717) is 0 Å². The SMILES string of the molecule is CC(C)(C)C(C)(C)N(c1ccccc1)S(C)(C)C. The van der Waals surface area contributed by atoms with Crippen LogP contribution in [0.2, 0.25) is 0 Å². The van der Waals surface area contributed by atoms with E-state index < -0.39 is 10.2 Å². The van der Waals surface area contributed by atoms with Gasteiger partial charge in [-0.15, -0.1) is 0 Å². The van der Waals surface area contributed by atoms with E-state index in [4.69, 9.17) is 0 Å². The molecule has 0 aliphatic carbocycles. The van der Waals surface area contributed by atoms with Gasteiger partial charge in [-0.1, -0.05) is 39.0 Å². The Morgan fingerprint density at radius 3 is 1.61 bits per heavy atom. The molecule has 0 aliphatic heterocycles. The lowest BCUT2D eigenvalue weighted by Gasteiger charge is -2.57. The van der Waals surface area contributed by atoms with Crippen LogP contribution in [0, 0.1) is 5.41 Å². The van der Waals surface area contributed by atoms with Crippen molar-refractivity contribution in [3.05, 3.63) is 30.3 Å². The molecule has 104 valence electrons. The van der Waals surface area contributed by atoms with Crippen molar-refractivity contribution in [3.63, 3.8) is 0 Å². The van der Waals surface area contributed by atoms with Crippen molar-refractivity contribution in [2.75, 3.05) is 23.1 Å². The highest BCUT2D eigenvalue weighted by molar-refractivity contribution is 8.33. The summed E-state index contributed by atoms with van der Waals surface area (Å²) in [5.74, 6) is 0. The fourth-order valence-corrected chi connectivity index (χ4v) is 4.59. The minimum atomic E-state index is -0.825. The van der Waals surface area contributed by atoms with Crippen molar-refractivity contribution in [1.82, 2.24) is 0 Å². The molecule has 1 aromatic carbocycles. The Morgan fingerprint density at radius 2 is 1.28 bits per heavy atom. The van der Waals surface area contributed by atoms with Crippen molar-refractivity contribution < 1.29 is 0 Å². The number of para-hydroxylation sites is 1. The van der Waals surface area contributed by atoms with E-state index in [0.717, 1.165) is 0 Å². The summed E-state index contributed by atoms with van der Waals surface area (Å²) in [7, 11) is -0.825. The van der Waals surface area contributed by atoms with Gasteiger partial charge in [0.2, 0.25) is 0 Å². The molecule has 0 saturated heterocycles. The highest BCUT2D eigenvalue weighted by Crippen LogP contribution is 2.52. The zero-order chi connectivity index (χ0) is 14.2. The van der Waals surface area contributed by atoms with Gasteiger partial charge in [0.05, 0.1) is 0 Å². The Labute approximate surface area is 115 Å². The lowest BCUT2D eigenvalue weighted by Crippen LogP contribution is -2.53. The predicted molar refractivity (Wildman–Crippen MR) is 87.8 cm³/mol. The van der Waals surface area contributed by atoms with Crippen molar-refractivity contribution in [2.24, 2.45) is 5.41 Å². The Balaban J connectivity index is 3.33. The van der Waals surface area contributed by atoms with Gasteiger partial charge in [0, 0.05) is 11.2 Å². The first-order valence-electron chi connectivity index (χ1n) is 6.52. The minimum absolute atomic E-state index is 0.113. The van der Waals surface area contributed by atoms with Gasteiger partial charge in [0.15, 0.2) is 0 Å². The first-order chi connectivity index (χ1) is 7.98. The normalized spacial score (nSPS) is 14.4. The number of hydrogen-bond donors (Lipinski definition) is 0. The van der Waals surface area contributed by atoms with Crippen LogP contribution in [0.1, 0.15) is 34.6 Å². The molecule has 0 aromatic heterocycles. The maximum absolute atomic E-state index is 2.62. The van der Waals surface area contributed by atoms with Gasteiger partial charge in [0.1, 0.15) is 0 Å². The summed E-state index contributed by atoms with van der Waals surface area (Å²) in [6.07, 6.45) is 7.11. The fraction of sp³-hybridized carbons (Fsp3) is 0.625. The standard InChI is InChI=1S/C16H29NS/c1-15(2,3)16(4,5)17(18(6,7)8)14-12-10-9-11-13-14/h9-13H,1-8H3. The molecular weight excluding hydrogens is 238 g/mol. The molecule has 0 radical (unpaired) electrons. The van der Waals surface area contributed by atoms with E-state index in [2.05, 4.69) is 88.0 Å². The molecule has 0 fully saturated rings. The maximum Gasteiger partial charge on any atom is 0.0490 e. The van der Waals surface area contributed by atoms with Crippen LogP contribution < -0.4 is 4.31 Å². The van der Waals surface area contributed by atoms with Gasteiger partial charge < -0.3 is 4.31 Å². The maximum atomic E-state index is 2.62. The van der Waals surface area contributed by atoms with Crippen LogP contribution >= 0.6 is 10.2 Å². The molecular formula is C16H29NS. The van der Waals surface area contributed by atoms with Crippen LogP contribution in [-0.4, -0.2) is 24.3 Å². The third-order valence-corrected chi connectivity index (χ3v) is 5.64. The fourth-order valence-electron chi connectivity index (χ4n) is 2.19. The molecule has 0 bridgehead atoms. The summed E-state index contributed by atoms with van der Waals surface area (Å²) in [6, 6.07) is 10.8. The van der Waals surface area contributed by atoms with Gasteiger partial charge in [-0.05, 0) is 50.2 Å². The Kier molecular flexibility index (Phi) is 4.12. The largest absolute Gasteiger partial charge is 0.329 e. The quantitative estimate of drug-likeness (QED) is 0.751. The van der Waals surface area contributed by atoms with E-state index in [-0.39, 0.29) is 11.0 Å². The van der Waals surface area contributed by atoms with Crippen molar-refractivity contribution >= 4 is 15.9 Å². The molecule has 0 unspecified atom stereocenters. The second-order valence-corrected chi connectivity index (χ2v) is 11.1. The molecule has 2 heteroatoms. The molecule has 1 aromatic rings. The van der Waals surface area contributed by atoms with Crippen LogP contribution in [0.4, 0.5) is 5.69 Å². The third kappa shape index (κ3) is 3.03. The second kappa shape index (κ2) is 4.80. The number of benzene rings is 1. The number of rotatable bonds is 3. The highest BCUT2D eigenvalue weighted by Gasteiger charge is 2.41. The van der Waals surface area contributed by atoms with E-state index >= 15 is 0 Å². The first kappa shape index (κ1) is 15.4. The zero-order valence-electron chi connectivity index (χ0n) is 13.2. The van der Waals surface area contributed by atoms with Gasteiger partial charge in [-0.3, -0.25) is 0 Å². The molecule has 0 atom stereocenters. The smallest absolute Gasteiger partial charge is 0.0490 e. The van der Waals surface area contributed by atoms with E-state index in [1.54, 1.807) is 0 Å². The highest BCUT2D eigenvalue weighted by atomic mass is 32.3. The van der Waals surface area contributed by atoms with Crippen LogP contribution in [0.15, 0.2) is 30.3 Å². The van der Waals surface area contributed by atoms with Crippen molar-refractivity contribution in [2.45, 2.75) is 40.2 Å². The average molecular weight is 267 g/mol. The lowest BCUT2D eigenvalue weighted by atomic mass is 9.76. The number of anilines is 1. The summed E-state index contributed by atoms with van der Waals surface area (Å²) in [5.41, 5.74) is 1.67. The summed E-state index contributed by atoms with van der Waals surface area (Å²) < 4.78 is 2.62. The molecule has 18 heavy (non-hydrogen) atoms. The Bertz CT molecular complexity index is 382. The molecule has 0 amide bonds. The molecule has 0 heterocycles. The van der Waals surface area contributed by atoms with Crippen molar-refractivity contribution in [1.29, 1.82) is 0 Å².